The first-order valence-corrected chi connectivity index (χ1v) is 5.77. The van der Waals surface area contributed by atoms with Crippen molar-refractivity contribution in [1.29, 1.82) is 0 Å². The highest BCUT2D eigenvalue weighted by atomic mass is 16.2. The van der Waals surface area contributed by atoms with E-state index in [0.717, 1.165) is 38.0 Å². The van der Waals surface area contributed by atoms with Crippen LogP contribution in [0.4, 0.5) is 11.6 Å². The van der Waals surface area contributed by atoms with Gasteiger partial charge >= 0.3 is 0 Å². The Labute approximate surface area is 95.3 Å². The van der Waals surface area contributed by atoms with Crippen molar-refractivity contribution >= 4 is 11.6 Å². The molecule has 1 atom stereocenters. The second-order valence-electron chi connectivity index (χ2n) is 4.12. The summed E-state index contributed by atoms with van der Waals surface area (Å²) in [5.41, 5.74) is 5.83. The SMILES string of the molecule is Nc1nccnc1N1CCCC1CCCO. The molecule has 2 heterocycles. The van der Waals surface area contributed by atoms with E-state index in [2.05, 4.69) is 14.9 Å². The summed E-state index contributed by atoms with van der Waals surface area (Å²) in [6, 6.07) is 0.450. The van der Waals surface area contributed by atoms with E-state index in [9.17, 15) is 0 Å². The Kier molecular flexibility index (Phi) is 3.56. The monoisotopic (exact) mass is 222 g/mol. The maximum atomic E-state index is 8.87. The van der Waals surface area contributed by atoms with Crippen molar-refractivity contribution in [2.24, 2.45) is 0 Å². The van der Waals surface area contributed by atoms with Crippen molar-refractivity contribution in [3.05, 3.63) is 12.4 Å². The number of nitrogens with two attached hydrogens (primary N) is 1. The third-order valence-corrected chi connectivity index (χ3v) is 3.05. The molecule has 1 saturated heterocycles. The fourth-order valence-corrected chi connectivity index (χ4v) is 2.30. The van der Waals surface area contributed by atoms with E-state index in [1.807, 2.05) is 0 Å². The lowest BCUT2D eigenvalue weighted by Gasteiger charge is -2.26. The highest BCUT2D eigenvalue weighted by Crippen LogP contribution is 2.28. The molecule has 0 saturated carbocycles. The Hall–Kier alpha value is -1.36. The quantitative estimate of drug-likeness (QED) is 0.788. The molecule has 1 unspecified atom stereocenters. The number of aromatic nitrogens is 2. The minimum absolute atomic E-state index is 0.250. The fraction of sp³-hybridized carbons (Fsp3) is 0.636. The standard InChI is InChI=1S/C11H18N4O/c12-10-11(14-6-5-13-10)15-7-1-3-9(15)4-2-8-16/h5-6,9,16H,1-4,7-8H2,(H2,12,13). The Bertz CT molecular complexity index is 345. The lowest BCUT2D eigenvalue weighted by molar-refractivity contribution is 0.279. The predicted octanol–water partition coefficient (Wildman–Crippen LogP) is 0.800. The topological polar surface area (TPSA) is 75.3 Å². The molecule has 1 fully saturated rings. The second kappa shape index (κ2) is 5.12. The van der Waals surface area contributed by atoms with Gasteiger partial charge in [0.25, 0.3) is 0 Å². The maximum Gasteiger partial charge on any atom is 0.171 e. The lowest BCUT2D eigenvalue weighted by Crippen LogP contribution is -2.31. The van der Waals surface area contributed by atoms with Gasteiger partial charge in [-0.1, -0.05) is 0 Å². The summed E-state index contributed by atoms with van der Waals surface area (Å²) in [5, 5.41) is 8.87. The number of rotatable bonds is 4. The molecule has 0 aromatic carbocycles. The van der Waals surface area contributed by atoms with E-state index < -0.39 is 0 Å². The van der Waals surface area contributed by atoms with Crippen LogP contribution in [-0.2, 0) is 0 Å². The number of nitrogens with zero attached hydrogens (tertiary/aromatic N) is 3. The summed E-state index contributed by atoms with van der Waals surface area (Å²) in [6.07, 6.45) is 7.42. The van der Waals surface area contributed by atoms with Crippen LogP contribution in [0.1, 0.15) is 25.7 Å². The first kappa shape index (κ1) is 11.1. The molecule has 1 aromatic heterocycles. The van der Waals surface area contributed by atoms with Crippen LogP contribution in [0.3, 0.4) is 0 Å². The van der Waals surface area contributed by atoms with Crippen molar-refractivity contribution in [3.8, 4) is 0 Å². The van der Waals surface area contributed by atoms with Crippen LogP contribution in [0, 0.1) is 0 Å². The van der Waals surface area contributed by atoms with Gasteiger partial charge in [-0.15, -0.1) is 0 Å². The zero-order chi connectivity index (χ0) is 11.4. The van der Waals surface area contributed by atoms with E-state index in [1.165, 1.54) is 0 Å². The molecule has 2 rings (SSSR count). The Morgan fingerprint density at radius 1 is 1.44 bits per heavy atom. The van der Waals surface area contributed by atoms with Gasteiger partial charge in [0.2, 0.25) is 0 Å². The lowest BCUT2D eigenvalue weighted by atomic mass is 10.1. The molecule has 5 nitrogen and oxygen atoms in total. The summed E-state index contributed by atoms with van der Waals surface area (Å²) < 4.78 is 0. The van der Waals surface area contributed by atoms with Crippen molar-refractivity contribution in [2.75, 3.05) is 23.8 Å². The third-order valence-electron chi connectivity index (χ3n) is 3.05. The molecule has 0 aliphatic carbocycles. The largest absolute Gasteiger partial charge is 0.396 e. The molecule has 88 valence electrons. The van der Waals surface area contributed by atoms with Gasteiger partial charge in [-0.3, -0.25) is 0 Å². The number of aliphatic hydroxyl groups excluding tert-OH is 1. The van der Waals surface area contributed by atoms with Gasteiger partial charge in [-0.2, -0.15) is 0 Å². The number of aliphatic hydroxyl groups is 1. The predicted molar refractivity (Wildman–Crippen MR) is 63.1 cm³/mol. The van der Waals surface area contributed by atoms with Gasteiger partial charge in [-0.25, -0.2) is 9.97 Å². The van der Waals surface area contributed by atoms with E-state index in [4.69, 9.17) is 10.8 Å². The minimum Gasteiger partial charge on any atom is -0.396 e. The molecular weight excluding hydrogens is 204 g/mol. The van der Waals surface area contributed by atoms with E-state index in [0.29, 0.717) is 11.9 Å². The van der Waals surface area contributed by atoms with Crippen LogP contribution in [0.15, 0.2) is 12.4 Å². The van der Waals surface area contributed by atoms with E-state index >= 15 is 0 Å². The van der Waals surface area contributed by atoms with Crippen molar-refractivity contribution in [3.63, 3.8) is 0 Å². The average molecular weight is 222 g/mol. The molecule has 1 aliphatic heterocycles. The number of hydrogen-bond acceptors (Lipinski definition) is 5. The maximum absolute atomic E-state index is 8.87. The van der Waals surface area contributed by atoms with Crippen LogP contribution < -0.4 is 10.6 Å². The Morgan fingerprint density at radius 2 is 2.25 bits per heavy atom. The van der Waals surface area contributed by atoms with Gasteiger partial charge in [0.15, 0.2) is 11.6 Å². The molecule has 5 heteroatoms. The first-order chi connectivity index (χ1) is 7.83. The van der Waals surface area contributed by atoms with Gasteiger partial charge < -0.3 is 15.7 Å². The molecule has 16 heavy (non-hydrogen) atoms. The van der Waals surface area contributed by atoms with Gasteiger partial charge in [0.05, 0.1) is 0 Å². The first-order valence-electron chi connectivity index (χ1n) is 5.77. The molecule has 0 radical (unpaired) electrons. The van der Waals surface area contributed by atoms with Crippen LogP contribution in [0.5, 0.6) is 0 Å². The highest BCUT2D eigenvalue weighted by molar-refractivity contribution is 5.58. The molecule has 0 amide bonds. The molecule has 1 aliphatic rings. The molecule has 3 N–H and O–H groups in total. The summed E-state index contributed by atoms with van der Waals surface area (Å²) in [5.74, 6) is 1.29. The van der Waals surface area contributed by atoms with Crippen LogP contribution in [0.2, 0.25) is 0 Å². The summed E-state index contributed by atoms with van der Waals surface area (Å²) in [4.78, 5) is 10.6. The smallest absolute Gasteiger partial charge is 0.171 e. The van der Waals surface area contributed by atoms with Crippen LogP contribution in [-0.4, -0.2) is 34.3 Å². The molecule has 0 bridgehead atoms. The van der Waals surface area contributed by atoms with Crippen LogP contribution >= 0.6 is 0 Å². The Balaban J connectivity index is 2.10. The van der Waals surface area contributed by atoms with Crippen molar-refractivity contribution in [1.82, 2.24) is 9.97 Å². The van der Waals surface area contributed by atoms with E-state index in [1.54, 1.807) is 12.4 Å². The average Bonchev–Trinajstić information content (AvgIpc) is 2.75. The zero-order valence-corrected chi connectivity index (χ0v) is 9.34. The molecule has 0 spiro atoms. The van der Waals surface area contributed by atoms with Gasteiger partial charge in [-0.05, 0) is 25.7 Å². The second-order valence-corrected chi connectivity index (χ2v) is 4.12. The van der Waals surface area contributed by atoms with Gasteiger partial charge in [0.1, 0.15) is 0 Å². The van der Waals surface area contributed by atoms with Crippen molar-refractivity contribution in [2.45, 2.75) is 31.7 Å². The number of hydrogen-bond donors (Lipinski definition) is 2. The molecular formula is C11H18N4O. The number of nitrogen functional groups attached to an aromatic ring is 1. The summed E-state index contributed by atoms with van der Waals surface area (Å²) >= 11 is 0. The normalized spacial score (nSPS) is 20.3. The van der Waals surface area contributed by atoms with E-state index in [-0.39, 0.29) is 6.61 Å². The summed E-state index contributed by atoms with van der Waals surface area (Å²) in [6.45, 7) is 1.24. The highest BCUT2D eigenvalue weighted by Gasteiger charge is 2.26. The summed E-state index contributed by atoms with van der Waals surface area (Å²) in [7, 11) is 0. The zero-order valence-electron chi connectivity index (χ0n) is 9.34. The van der Waals surface area contributed by atoms with Gasteiger partial charge in [0, 0.05) is 31.6 Å². The molecule has 1 aromatic rings. The van der Waals surface area contributed by atoms with Crippen molar-refractivity contribution < 1.29 is 5.11 Å². The third kappa shape index (κ3) is 2.24. The number of anilines is 2. The minimum atomic E-state index is 0.250. The fourth-order valence-electron chi connectivity index (χ4n) is 2.30. The Morgan fingerprint density at radius 3 is 3.00 bits per heavy atom. The van der Waals surface area contributed by atoms with Crippen LogP contribution in [0.25, 0.3) is 0 Å².